The predicted molar refractivity (Wildman–Crippen MR) is 81.0 cm³/mol. The van der Waals surface area contributed by atoms with Crippen molar-refractivity contribution in [2.24, 2.45) is 0 Å². The van der Waals surface area contributed by atoms with Crippen molar-refractivity contribution in [1.29, 1.82) is 0 Å². The van der Waals surface area contributed by atoms with Crippen LogP contribution < -0.4 is 5.32 Å². The van der Waals surface area contributed by atoms with Crippen LogP contribution >= 0.6 is 23.2 Å². The standard InChI is InChI=1S/C15H15Cl2NO2/c1-7-8(2)18-9(3)13(15(19)20)12(7)10-5-4-6-11(16)14(10)17/h4-6,12,18H,1-3H3,(H,19,20). The summed E-state index contributed by atoms with van der Waals surface area (Å²) in [5.74, 6) is -1.34. The summed E-state index contributed by atoms with van der Waals surface area (Å²) < 4.78 is 0. The lowest BCUT2D eigenvalue weighted by Gasteiger charge is -2.29. The quantitative estimate of drug-likeness (QED) is 0.854. The van der Waals surface area contributed by atoms with Crippen LogP contribution in [-0.2, 0) is 4.79 Å². The molecule has 0 saturated carbocycles. The minimum Gasteiger partial charge on any atom is -0.478 e. The van der Waals surface area contributed by atoms with Gasteiger partial charge in [0, 0.05) is 17.3 Å². The first-order valence-corrected chi connectivity index (χ1v) is 6.92. The van der Waals surface area contributed by atoms with E-state index in [2.05, 4.69) is 5.32 Å². The van der Waals surface area contributed by atoms with Crippen LogP contribution in [0.5, 0.6) is 0 Å². The summed E-state index contributed by atoms with van der Waals surface area (Å²) in [4.78, 5) is 11.6. The highest BCUT2D eigenvalue weighted by molar-refractivity contribution is 6.42. The molecule has 1 aromatic carbocycles. The number of carboxylic acids is 1. The molecule has 5 heteroatoms. The second kappa shape index (κ2) is 5.51. The Labute approximate surface area is 127 Å². The van der Waals surface area contributed by atoms with Crippen molar-refractivity contribution in [2.75, 3.05) is 0 Å². The maximum absolute atomic E-state index is 11.6. The number of nitrogens with one attached hydrogen (secondary N) is 1. The third-order valence-electron chi connectivity index (χ3n) is 3.62. The summed E-state index contributed by atoms with van der Waals surface area (Å²) >= 11 is 12.3. The molecule has 20 heavy (non-hydrogen) atoms. The summed E-state index contributed by atoms with van der Waals surface area (Å²) in [6, 6.07) is 5.29. The van der Waals surface area contributed by atoms with Crippen LogP contribution in [0, 0.1) is 0 Å². The van der Waals surface area contributed by atoms with Crippen LogP contribution in [-0.4, -0.2) is 11.1 Å². The highest BCUT2D eigenvalue weighted by Crippen LogP contribution is 2.42. The maximum Gasteiger partial charge on any atom is 0.334 e. The van der Waals surface area contributed by atoms with E-state index < -0.39 is 5.97 Å². The lowest BCUT2D eigenvalue weighted by atomic mass is 9.81. The Morgan fingerprint density at radius 1 is 1.20 bits per heavy atom. The summed E-state index contributed by atoms with van der Waals surface area (Å²) in [5.41, 5.74) is 3.51. The van der Waals surface area contributed by atoms with Crippen molar-refractivity contribution < 1.29 is 9.90 Å². The third-order valence-corrected chi connectivity index (χ3v) is 4.45. The van der Waals surface area contributed by atoms with E-state index in [0.717, 1.165) is 11.3 Å². The molecule has 1 heterocycles. The number of rotatable bonds is 2. The highest BCUT2D eigenvalue weighted by atomic mass is 35.5. The highest BCUT2D eigenvalue weighted by Gasteiger charge is 2.32. The van der Waals surface area contributed by atoms with Crippen LogP contribution in [0.25, 0.3) is 0 Å². The van der Waals surface area contributed by atoms with E-state index in [9.17, 15) is 9.90 Å². The van der Waals surface area contributed by atoms with Gasteiger partial charge in [-0.1, -0.05) is 35.3 Å². The Kier molecular flexibility index (Phi) is 4.11. The van der Waals surface area contributed by atoms with Crippen LogP contribution in [0.15, 0.2) is 40.7 Å². The molecule has 1 aliphatic heterocycles. The first-order chi connectivity index (χ1) is 9.34. The third kappa shape index (κ3) is 2.43. The number of hydrogen-bond acceptors (Lipinski definition) is 2. The molecule has 0 amide bonds. The molecule has 1 aliphatic rings. The molecule has 1 atom stereocenters. The molecule has 0 spiro atoms. The van der Waals surface area contributed by atoms with Gasteiger partial charge in [0.1, 0.15) is 0 Å². The SMILES string of the molecule is CC1=C(C)C(c2cccc(Cl)c2Cl)C(C(=O)O)=C(C)N1. The maximum atomic E-state index is 11.6. The normalized spacial score (nSPS) is 19.1. The number of dihydropyridines is 1. The molecular weight excluding hydrogens is 297 g/mol. The number of carbonyl (C=O) groups is 1. The van der Waals surface area contributed by atoms with E-state index in [-0.39, 0.29) is 5.92 Å². The van der Waals surface area contributed by atoms with Gasteiger partial charge in [-0.3, -0.25) is 0 Å². The Morgan fingerprint density at radius 3 is 2.45 bits per heavy atom. The van der Waals surface area contributed by atoms with Gasteiger partial charge in [-0.25, -0.2) is 4.79 Å². The van der Waals surface area contributed by atoms with Gasteiger partial charge in [-0.2, -0.15) is 0 Å². The van der Waals surface area contributed by atoms with Gasteiger partial charge in [0.05, 0.1) is 15.6 Å². The number of aliphatic carboxylic acids is 1. The van der Waals surface area contributed by atoms with E-state index in [1.165, 1.54) is 0 Å². The average Bonchev–Trinajstić information content (AvgIpc) is 2.36. The second-order valence-corrected chi connectivity index (χ2v) is 5.64. The lowest BCUT2D eigenvalue weighted by Crippen LogP contribution is -2.27. The van der Waals surface area contributed by atoms with Gasteiger partial charge in [0.15, 0.2) is 0 Å². The van der Waals surface area contributed by atoms with E-state index in [4.69, 9.17) is 23.2 Å². The number of carboxylic acid groups (broad SMARTS) is 1. The van der Waals surface area contributed by atoms with Crippen molar-refractivity contribution >= 4 is 29.2 Å². The largest absolute Gasteiger partial charge is 0.478 e. The van der Waals surface area contributed by atoms with Crippen LogP contribution in [0.2, 0.25) is 10.0 Å². The number of hydrogen-bond donors (Lipinski definition) is 2. The van der Waals surface area contributed by atoms with Gasteiger partial charge in [-0.05, 0) is 38.0 Å². The van der Waals surface area contributed by atoms with Crippen molar-refractivity contribution in [3.63, 3.8) is 0 Å². The van der Waals surface area contributed by atoms with E-state index in [1.807, 2.05) is 19.9 Å². The first-order valence-electron chi connectivity index (χ1n) is 6.17. The zero-order valence-electron chi connectivity index (χ0n) is 11.4. The van der Waals surface area contributed by atoms with Crippen molar-refractivity contribution in [2.45, 2.75) is 26.7 Å². The molecule has 106 valence electrons. The van der Waals surface area contributed by atoms with Crippen LogP contribution in [0.1, 0.15) is 32.3 Å². The van der Waals surface area contributed by atoms with Crippen LogP contribution in [0.4, 0.5) is 0 Å². The molecule has 3 nitrogen and oxygen atoms in total. The number of allylic oxidation sites excluding steroid dienone is 3. The first kappa shape index (κ1) is 14.9. The number of benzene rings is 1. The van der Waals surface area contributed by atoms with Gasteiger partial charge in [0.2, 0.25) is 0 Å². The fourth-order valence-corrected chi connectivity index (χ4v) is 2.93. The molecule has 1 aromatic rings. The van der Waals surface area contributed by atoms with E-state index in [1.54, 1.807) is 19.1 Å². The zero-order valence-corrected chi connectivity index (χ0v) is 12.9. The monoisotopic (exact) mass is 311 g/mol. The molecule has 2 rings (SSSR count). The van der Waals surface area contributed by atoms with Crippen molar-refractivity contribution in [3.05, 3.63) is 56.3 Å². The molecule has 0 fully saturated rings. The van der Waals surface area contributed by atoms with Gasteiger partial charge >= 0.3 is 5.97 Å². The molecule has 0 aromatic heterocycles. The summed E-state index contributed by atoms with van der Waals surface area (Å²) in [5, 5.41) is 13.4. The fourth-order valence-electron chi connectivity index (χ4n) is 2.51. The Balaban J connectivity index is 2.69. The molecule has 0 bridgehead atoms. The van der Waals surface area contributed by atoms with Gasteiger partial charge in [0.25, 0.3) is 0 Å². The summed E-state index contributed by atoms with van der Waals surface area (Å²) in [6.07, 6.45) is 0. The summed E-state index contributed by atoms with van der Waals surface area (Å²) in [6.45, 7) is 5.58. The van der Waals surface area contributed by atoms with Crippen molar-refractivity contribution in [3.8, 4) is 0 Å². The Hall–Kier alpha value is -1.45. The molecule has 0 aliphatic carbocycles. The zero-order chi connectivity index (χ0) is 15.0. The molecule has 2 N–H and O–H groups in total. The predicted octanol–water partition coefficient (Wildman–Crippen LogP) is 4.33. The molecule has 0 saturated heterocycles. The minimum absolute atomic E-state index is 0.303. The average molecular weight is 312 g/mol. The number of halogens is 2. The lowest BCUT2D eigenvalue weighted by molar-refractivity contribution is -0.133. The molecule has 1 unspecified atom stereocenters. The Morgan fingerprint density at radius 2 is 1.85 bits per heavy atom. The summed E-state index contributed by atoms with van der Waals surface area (Å²) in [7, 11) is 0. The van der Waals surface area contributed by atoms with E-state index >= 15 is 0 Å². The smallest absolute Gasteiger partial charge is 0.334 e. The van der Waals surface area contributed by atoms with Crippen LogP contribution in [0.3, 0.4) is 0 Å². The fraction of sp³-hybridized carbons (Fsp3) is 0.267. The Bertz CT molecular complexity index is 647. The van der Waals surface area contributed by atoms with Crippen molar-refractivity contribution in [1.82, 2.24) is 5.32 Å². The second-order valence-electron chi connectivity index (χ2n) is 4.85. The molecular formula is C15H15Cl2NO2. The van der Waals surface area contributed by atoms with E-state index in [0.29, 0.717) is 26.9 Å². The molecule has 0 radical (unpaired) electrons. The topological polar surface area (TPSA) is 49.3 Å². The van der Waals surface area contributed by atoms with Gasteiger partial charge < -0.3 is 10.4 Å². The minimum atomic E-state index is -0.956. The van der Waals surface area contributed by atoms with Gasteiger partial charge in [-0.15, -0.1) is 0 Å².